The Morgan fingerprint density at radius 1 is 1.31 bits per heavy atom. The lowest BCUT2D eigenvalue weighted by molar-refractivity contribution is 0.272. The summed E-state index contributed by atoms with van der Waals surface area (Å²) >= 11 is 5.89. The summed E-state index contributed by atoms with van der Waals surface area (Å²) in [5.41, 5.74) is 0.430. The number of nitrogens with zero attached hydrogens (tertiary/aromatic N) is 3. The first-order valence-corrected chi connectivity index (χ1v) is 6.14. The van der Waals surface area contributed by atoms with E-state index in [1.807, 2.05) is 6.92 Å². The predicted molar refractivity (Wildman–Crippen MR) is 63.8 cm³/mol. The van der Waals surface area contributed by atoms with Crippen LogP contribution < -0.4 is 4.90 Å². The number of hydrogen-bond donors (Lipinski definition) is 0. The van der Waals surface area contributed by atoms with Gasteiger partial charge in [0.2, 0.25) is 5.89 Å². The molecule has 0 amide bonds. The summed E-state index contributed by atoms with van der Waals surface area (Å²) in [5.74, 6) is 0.501. The summed E-state index contributed by atoms with van der Waals surface area (Å²) in [5, 5.41) is 7.75. The summed E-state index contributed by atoms with van der Waals surface area (Å²) < 4.78 is 5.52. The zero-order valence-electron chi connectivity index (χ0n) is 10.0. The molecule has 0 bridgehead atoms. The molecule has 1 aromatic rings. The number of anilines is 1. The molecule has 0 spiro atoms. The summed E-state index contributed by atoms with van der Waals surface area (Å²) in [4.78, 5) is 2.14. The Labute approximate surface area is 101 Å². The second kappa shape index (κ2) is 4.24. The van der Waals surface area contributed by atoms with E-state index in [1.54, 1.807) is 0 Å². The highest BCUT2D eigenvalue weighted by Crippen LogP contribution is 2.32. The van der Waals surface area contributed by atoms with Crippen LogP contribution in [0.1, 0.15) is 44.9 Å². The minimum atomic E-state index is -0.220. The number of rotatable bonds is 2. The van der Waals surface area contributed by atoms with Crippen molar-refractivity contribution in [1.82, 2.24) is 10.2 Å². The number of hydrogen-bond acceptors (Lipinski definition) is 4. The van der Waals surface area contributed by atoms with Crippen LogP contribution in [0.4, 0.5) is 6.01 Å². The van der Waals surface area contributed by atoms with E-state index in [2.05, 4.69) is 28.9 Å². The standard InChI is InChI=1S/C11H18ClN3O/c1-8(12)9-13-14-10(16-9)15-6-4-11(2,3)5-7-15/h8H,4-7H2,1-3H3. The van der Waals surface area contributed by atoms with E-state index in [9.17, 15) is 0 Å². The zero-order valence-corrected chi connectivity index (χ0v) is 10.8. The highest BCUT2D eigenvalue weighted by Gasteiger charge is 2.28. The Morgan fingerprint density at radius 2 is 1.94 bits per heavy atom. The van der Waals surface area contributed by atoms with Crippen molar-refractivity contribution in [3.63, 3.8) is 0 Å². The van der Waals surface area contributed by atoms with Crippen LogP contribution in [0.15, 0.2) is 4.42 Å². The van der Waals surface area contributed by atoms with E-state index in [0.29, 0.717) is 17.3 Å². The van der Waals surface area contributed by atoms with Gasteiger partial charge in [0.15, 0.2) is 0 Å². The van der Waals surface area contributed by atoms with Gasteiger partial charge in [0.25, 0.3) is 0 Å². The second-order valence-corrected chi connectivity index (χ2v) is 5.84. The van der Waals surface area contributed by atoms with Crippen LogP contribution >= 0.6 is 11.6 Å². The largest absolute Gasteiger partial charge is 0.406 e. The Kier molecular flexibility index (Phi) is 3.10. The molecule has 0 aromatic carbocycles. The van der Waals surface area contributed by atoms with Crippen LogP contribution in [0, 0.1) is 5.41 Å². The molecule has 0 saturated carbocycles. The summed E-state index contributed by atoms with van der Waals surface area (Å²) in [6.07, 6.45) is 2.31. The van der Waals surface area contributed by atoms with E-state index >= 15 is 0 Å². The van der Waals surface area contributed by atoms with Crippen molar-refractivity contribution in [2.45, 2.75) is 39.0 Å². The molecule has 0 N–H and O–H groups in total. The molecule has 5 heteroatoms. The quantitative estimate of drug-likeness (QED) is 0.749. The summed E-state index contributed by atoms with van der Waals surface area (Å²) in [6, 6.07) is 0.609. The van der Waals surface area contributed by atoms with Crippen LogP contribution in [-0.2, 0) is 0 Å². The van der Waals surface area contributed by atoms with Crippen molar-refractivity contribution in [3.05, 3.63) is 5.89 Å². The van der Waals surface area contributed by atoms with Crippen molar-refractivity contribution < 1.29 is 4.42 Å². The molecule has 0 radical (unpaired) electrons. The SMILES string of the molecule is CC(Cl)c1nnc(N2CCC(C)(C)CC2)o1. The lowest BCUT2D eigenvalue weighted by atomic mass is 9.83. The molecule has 1 atom stereocenters. The van der Waals surface area contributed by atoms with Crippen LogP contribution in [0.3, 0.4) is 0 Å². The second-order valence-electron chi connectivity index (χ2n) is 5.19. The molecule has 1 fully saturated rings. The van der Waals surface area contributed by atoms with Crippen molar-refractivity contribution in [2.24, 2.45) is 5.41 Å². The van der Waals surface area contributed by atoms with Gasteiger partial charge >= 0.3 is 6.01 Å². The van der Waals surface area contributed by atoms with Gasteiger partial charge in [0.1, 0.15) is 5.38 Å². The molecular formula is C11H18ClN3O. The fourth-order valence-corrected chi connectivity index (χ4v) is 1.91. The Morgan fingerprint density at radius 3 is 2.44 bits per heavy atom. The zero-order chi connectivity index (χ0) is 11.8. The van der Waals surface area contributed by atoms with Gasteiger partial charge in [-0.15, -0.1) is 16.7 Å². The van der Waals surface area contributed by atoms with E-state index in [-0.39, 0.29) is 5.38 Å². The monoisotopic (exact) mass is 243 g/mol. The normalized spacial score (nSPS) is 22.1. The van der Waals surface area contributed by atoms with E-state index < -0.39 is 0 Å². The topological polar surface area (TPSA) is 42.2 Å². The van der Waals surface area contributed by atoms with Crippen LogP contribution in [-0.4, -0.2) is 23.3 Å². The Hall–Kier alpha value is -0.770. The molecule has 4 nitrogen and oxygen atoms in total. The molecule has 90 valence electrons. The fourth-order valence-electron chi connectivity index (χ4n) is 1.82. The first kappa shape index (κ1) is 11.7. The smallest absolute Gasteiger partial charge is 0.318 e. The highest BCUT2D eigenvalue weighted by atomic mass is 35.5. The first-order valence-electron chi connectivity index (χ1n) is 5.70. The van der Waals surface area contributed by atoms with Crippen LogP contribution in [0.2, 0.25) is 0 Å². The fraction of sp³-hybridized carbons (Fsp3) is 0.818. The molecule has 1 saturated heterocycles. The molecule has 1 aliphatic rings. The maximum absolute atomic E-state index is 5.89. The molecule has 1 aliphatic heterocycles. The molecule has 1 aromatic heterocycles. The maximum atomic E-state index is 5.89. The van der Waals surface area contributed by atoms with E-state index in [1.165, 1.54) is 0 Å². The number of piperidine rings is 1. The number of halogens is 1. The number of aromatic nitrogens is 2. The third kappa shape index (κ3) is 2.48. The van der Waals surface area contributed by atoms with Gasteiger partial charge in [-0.2, -0.15) is 0 Å². The van der Waals surface area contributed by atoms with Crippen molar-refractivity contribution >= 4 is 17.6 Å². The van der Waals surface area contributed by atoms with Crippen LogP contribution in [0.25, 0.3) is 0 Å². The van der Waals surface area contributed by atoms with Gasteiger partial charge in [0, 0.05) is 13.1 Å². The Balaban J connectivity index is 2.03. The predicted octanol–water partition coefficient (Wildman–Crippen LogP) is 3.00. The van der Waals surface area contributed by atoms with E-state index in [0.717, 1.165) is 25.9 Å². The first-order chi connectivity index (χ1) is 7.48. The lowest BCUT2D eigenvalue weighted by Crippen LogP contribution is -2.37. The number of alkyl halides is 1. The molecule has 0 aliphatic carbocycles. The van der Waals surface area contributed by atoms with Gasteiger partial charge in [-0.05, 0) is 25.2 Å². The van der Waals surface area contributed by atoms with Gasteiger partial charge < -0.3 is 9.32 Å². The molecular weight excluding hydrogens is 226 g/mol. The highest BCUT2D eigenvalue weighted by molar-refractivity contribution is 6.20. The minimum absolute atomic E-state index is 0.220. The third-order valence-corrected chi connectivity index (χ3v) is 3.34. The van der Waals surface area contributed by atoms with Gasteiger partial charge in [0.05, 0.1) is 0 Å². The summed E-state index contributed by atoms with van der Waals surface area (Å²) in [6.45, 7) is 8.38. The van der Waals surface area contributed by atoms with Gasteiger partial charge in [-0.3, -0.25) is 0 Å². The molecule has 2 rings (SSSR count). The Bertz CT molecular complexity index is 352. The molecule has 16 heavy (non-hydrogen) atoms. The average Bonchev–Trinajstić information content (AvgIpc) is 2.66. The van der Waals surface area contributed by atoms with Gasteiger partial charge in [-0.25, -0.2) is 0 Å². The maximum Gasteiger partial charge on any atom is 0.318 e. The summed E-state index contributed by atoms with van der Waals surface area (Å²) in [7, 11) is 0. The average molecular weight is 244 g/mol. The molecule has 1 unspecified atom stereocenters. The van der Waals surface area contributed by atoms with Crippen molar-refractivity contribution in [2.75, 3.05) is 18.0 Å². The molecule has 2 heterocycles. The van der Waals surface area contributed by atoms with E-state index in [4.69, 9.17) is 16.0 Å². The van der Waals surface area contributed by atoms with Crippen molar-refractivity contribution in [3.8, 4) is 0 Å². The minimum Gasteiger partial charge on any atom is -0.406 e. The van der Waals surface area contributed by atoms with Crippen LogP contribution in [0.5, 0.6) is 0 Å². The van der Waals surface area contributed by atoms with Gasteiger partial charge in [-0.1, -0.05) is 18.9 Å². The van der Waals surface area contributed by atoms with Crippen molar-refractivity contribution in [1.29, 1.82) is 0 Å². The lowest BCUT2D eigenvalue weighted by Gasteiger charge is -2.35. The third-order valence-electron chi connectivity index (χ3n) is 3.16.